The Morgan fingerprint density at radius 2 is 1.97 bits per heavy atom. The lowest BCUT2D eigenvalue weighted by atomic mass is 9.93. The van der Waals surface area contributed by atoms with Crippen LogP contribution in [0.25, 0.3) is 22.3 Å². The van der Waals surface area contributed by atoms with Gasteiger partial charge in [0.25, 0.3) is 0 Å². The van der Waals surface area contributed by atoms with Crippen molar-refractivity contribution in [1.82, 2.24) is 15.0 Å². The highest BCUT2D eigenvalue weighted by atomic mass is 32.2. The topological polar surface area (TPSA) is 116 Å². The van der Waals surface area contributed by atoms with Crippen molar-refractivity contribution in [3.63, 3.8) is 0 Å². The highest BCUT2D eigenvalue weighted by Crippen LogP contribution is 2.48. The van der Waals surface area contributed by atoms with Gasteiger partial charge in [-0.15, -0.1) is 0 Å². The summed E-state index contributed by atoms with van der Waals surface area (Å²) in [5, 5.41) is 0.923. The van der Waals surface area contributed by atoms with Gasteiger partial charge in [0.05, 0.1) is 26.4 Å². The molecule has 186 valence electrons. The van der Waals surface area contributed by atoms with Gasteiger partial charge < -0.3 is 28.8 Å². The van der Waals surface area contributed by atoms with Gasteiger partial charge in [-0.2, -0.15) is 0 Å². The van der Waals surface area contributed by atoms with Crippen LogP contribution in [0.5, 0.6) is 11.5 Å². The lowest BCUT2D eigenvalue weighted by Crippen LogP contribution is -2.52. The lowest BCUT2D eigenvalue weighted by molar-refractivity contribution is 0.0640. The van der Waals surface area contributed by atoms with Crippen molar-refractivity contribution in [2.24, 2.45) is 0 Å². The molecule has 3 aliphatic rings. The first-order valence-electron chi connectivity index (χ1n) is 11.7. The van der Waals surface area contributed by atoms with Crippen molar-refractivity contribution in [3.05, 3.63) is 30.1 Å². The summed E-state index contributed by atoms with van der Waals surface area (Å²) in [7, 11) is -1.96. The van der Waals surface area contributed by atoms with E-state index in [0.29, 0.717) is 81.3 Å². The summed E-state index contributed by atoms with van der Waals surface area (Å²) in [4.78, 5) is 15.3. The molecular weight excluding hydrogens is 472 g/mol. The highest BCUT2D eigenvalue weighted by molar-refractivity contribution is 7.91. The number of benzene rings is 1. The number of methoxy groups -OCH3 is 1. The molecule has 11 heteroatoms. The van der Waals surface area contributed by atoms with Crippen LogP contribution in [-0.4, -0.2) is 82.4 Å². The Kier molecular flexibility index (Phi) is 5.39. The van der Waals surface area contributed by atoms with Gasteiger partial charge in [0, 0.05) is 54.7 Å². The number of rotatable bonds is 4. The van der Waals surface area contributed by atoms with Gasteiger partial charge in [-0.25, -0.2) is 18.4 Å². The number of nitrogens with one attached hydrogen (secondary N) is 1. The predicted molar refractivity (Wildman–Crippen MR) is 130 cm³/mol. The molecule has 6 rings (SSSR count). The molecular formula is C24H28N4O6S. The minimum absolute atomic E-state index is 0.00769. The number of nitrogens with zero attached hydrogens (tertiary/aromatic N) is 3. The fraction of sp³-hybridized carbons (Fsp3) is 0.500. The summed E-state index contributed by atoms with van der Waals surface area (Å²) in [6.45, 7) is 2.80. The SMILES string of the molecule is COc1cc(-c2nc3c(c(C4(S(C)(=O)=O)CCOCC4)n2)OC[C@@H]2COCCN32)c2cc[nH]c2c1. The second-order valence-electron chi connectivity index (χ2n) is 9.27. The third-order valence-electron chi connectivity index (χ3n) is 7.33. The third-order valence-corrected chi connectivity index (χ3v) is 9.35. The van der Waals surface area contributed by atoms with Crippen molar-refractivity contribution >= 4 is 26.6 Å². The molecule has 2 saturated heterocycles. The van der Waals surface area contributed by atoms with Crippen molar-refractivity contribution in [2.45, 2.75) is 23.6 Å². The van der Waals surface area contributed by atoms with Gasteiger partial charge in [0.2, 0.25) is 0 Å². The molecule has 35 heavy (non-hydrogen) atoms. The van der Waals surface area contributed by atoms with E-state index in [1.807, 2.05) is 24.4 Å². The van der Waals surface area contributed by atoms with E-state index in [2.05, 4.69) is 9.88 Å². The predicted octanol–water partition coefficient (Wildman–Crippen LogP) is 2.28. The van der Waals surface area contributed by atoms with E-state index in [9.17, 15) is 8.42 Å². The molecule has 2 fully saturated rings. The number of aromatic nitrogens is 3. The van der Waals surface area contributed by atoms with Gasteiger partial charge in [0.15, 0.2) is 27.2 Å². The van der Waals surface area contributed by atoms with E-state index in [0.717, 1.165) is 16.5 Å². The fourth-order valence-electron chi connectivity index (χ4n) is 5.37. The second-order valence-corrected chi connectivity index (χ2v) is 11.6. The van der Waals surface area contributed by atoms with Crippen LogP contribution in [-0.2, 0) is 24.1 Å². The van der Waals surface area contributed by atoms with E-state index < -0.39 is 14.6 Å². The molecule has 0 amide bonds. The zero-order chi connectivity index (χ0) is 24.2. The van der Waals surface area contributed by atoms with Crippen molar-refractivity contribution in [3.8, 4) is 22.9 Å². The number of morpholine rings is 1. The molecule has 5 heterocycles. The summed E-state index contributed by atoms with van der Waals surface area (Å²) in [5.41, 5.74) is 2.06. The number of hydrogen-bond acceptors (Lipinski definition) is 9. The van der Waals surface area contributed by atoms with Crippen LogP contribution < -0.4 is 14.4 Å². The average Bonchev–Trinajstić information content (AvgIpc) is 3.36. The summed E-state index contributed by atoms with van der Waals surface area (Å²) in [6.07, 6.45) is 3.75. The maximum Gasteiger partial charge on any atom is 0.185 e. The molecule has 3 aromatic rings. The van der Waals surface area contributed by atoms with Crippen molar-refractivity contribution in [2.75, 3.05) is 57.8 Å². The zero-order valence-electron chi connectivity index (χ0n) is 19.7. The van der Waals surface area contributed by atoms with Crippen LogP contribution in [0.2, 0.25) is 0 Å². The number of ether oxygens (including phenoxy) is 4. The largest absolute Gasteiger partial charge is 0.497 e. The quantitative estimate of drug-likeness (QED) is 0.576. The van der Waals surface area contributed by atoms with Gasteiger partial charge in [-0.3, -0.25) is 0 Å². The first kappa shape index (κ1) is 22.6. The Morgan fingerprint density at radius 1 is 1.14 bits per heavy atom. The molecule has 10 nitrogen and oxygen atoms in total. The van der Waals surface area contributed by atoms with E-state index >= 15 is 0 Å². The van der Waals surface area contributed by atoms with Crippen molar-refractivity contribution in [1.29, 1.82) is 0 Å². The molecule has 3 aliphatic heterocycles. The summed E-state index contributed by atoms with van der Waals surface area (Å²) >= 11 is 0. The van der Waals surface area contributed by atoms with Crippen LogP contribution in [0.15, 0.2) is 24.4 Å². The Hall–Kier alpha value is -2.89. The van der Waals surface area contributed by atoms with Crippen LogP contribution in [0.4, 0.5) is 5.82 Å². The third kappa shape index (κ3) is 3.56. The molecule has 0 saturated carbocycles. The number of sulfone groups is 1. The van der Waals surface area contributed by atoms with E-state index in [4.69, 9.17) is 28.9 Å². The minimum atomic E-state index is -3.57. The Balaban J connectivity index is 1.65. The Labute approximate surface area is 203 Å². The maximum atomic E-state index is 13.4. The van der Waals surface area contributed by atoms with Crippen LogP contribution in [0.1, 0.15) is 18.5 Å². The maximum absolute atomic E-state index is 13.4. The minimum Gasteiger partial charge on any atom is -0.497 e. The smallest absolute Gasteiger partial charge is 0.185 e. The van der Waals surface area contributed by atoms with E-state index in [1.165, 1.54) is 6.26 Å². The van der Waals surface area contributed by atoms with Crippen LogP contribution in [0, 0.1) is 0 Å². The average molecular weight is 501 g/mol. The molecule has 0 bridgehead atoms. The molecule has 1 aromatic carbocycles. The zero-order valence-corrected chi connectivity index (χ0v) is 20.6. The first-order valence-corrected chi connectivity index (χ1v) is 13.6. The van der Waals surface area contributed by atoms with Crippen LogP contribution in [0.3, 0.4) is 0 Å². The Bertz CT molecular complexity index is 1380. The first-order chi connectivity index (χ1) is 16.9. The lowest BCUT2D eigenvalue weighted by Gasteiger charge is -2.43. The monoisotopic (exact) mass is 500 g/mol. The summed E-state index contributed by atoms with van der Waals surface area (Å²) in [5.74, 6) is 2.16. The fourth-order valence-corrected chi connectivity index (χ4v) is 6.77. The number of fused-ring (bicyclic) bond motifs is 4. The van der Waals surface area contributed by atoms with Crippen molar-refractivity contribution < 1.29 is 27.4 Å². The van der Waals surface area contributed by atoms with Crippen LogP contribution >= 0.6 is 0 Å². The standard InChI is InChI=1S/C24H28N4O6S/c1-31-16-11-18(17-3-6-25-19(17)12-16)22-26-21(24(35(2,29)30)4-8-32-9-5-24)20-23(27-22)28-7-10-33-13-15(28)14-34-20/h3,6,11-12,15,25H,4-5,7-10,13-14H2,1-2H3/t15-/m0/s1. The number of anilines is 1. The number of aromatic amines is 1. The van der Waals surface area contributed by atoms with Gasteiger partial charge in [0.1, 0.15) is 22.8 Å². The van der Waals surface area contributed by atoms with Gasteiger partial charge >= 0.3 is 0 Å². The molecule has 0 radical (unpaired) electrons. The molecule has 0 unspecified atom stereocenters. The number of H-pyrrole nitrogens is 1. The van der Waals surface area contributed by atoms with Gasteiger partial charge in [-0.05, 0) is 25.0 Å². The van der Waals surface area contributed by atoms with Gasteiger partial charge in [-0.1, -0.05) is 0 Å². The molecule has 1 N–H and O–H groups in total. The normalized spacial score (nSPS) is 21.8. The Morgan fingerprint density at radius 3 is 2.74 bits per heavy atom. The molecule has 2 aromatic heterocycles. The van der Waals surface area contributed by atoms with E-state index in [-0.39, 0.29) is 6.04 Å². The molecule has 0 spiro atoms. The molecule has 1 atom stereocenters. The summed E-state index contributed by atoms with van der Waals surface area (Å²) < 4.78 is 48.5. The highest BCUT2D eigenvalue weighted by Gasteiger charge is 2.50. The summed E-state index contributed by atoms with van der Waals surface area (Å²) in [6, 6.07) is 5.77. The van der Waals surface area contributed by atoms with E-state index in [1.54, 1.807) is 7.11 Å². The molecule has 0 aliphatic carbocycles. The second kappa shape index (κ2) is 8.35. The number of hydrogen-bond donors (Lipinski definition) is 1.